The van der Waals surface area contributed by atoms with E-state index >= 15 is 0 Å². The number of benzene rings is 1. The Hall–Kier alpha value is -1.02. The van der Waals surface area contributed by atoms with Crippen molar-refractivity contribution in [3.05, 3.63) is 28.8 Å². The summed E-state index contributed by atoms with van der Waals surface area (Å²) >= 11 is 6.18. The molecule has 2 rings (SSSR count). The number of rotatable bonds is 3. The van der Waals surface area contributed by atoms with Crippen molar-refractivity contribution >= 4 is 23.6 Å². The standard InChI is InChI=1S/C13H16ClNO/c1-15(11-6-2-3-7-11)13-10(9-16)5-4-8-12(13)14/h4-5,8-9,11H,2-3,6-7H2,1H3. The van der Waals surface area contributed by atoms with Crippen molar-refractivity contribution in [2.24, 2.45) is 0 Å². The predicted molar refractivity (Wildman–Crippen MR) is 67.5 cm³/mol. The van der Waals surface area contributed by atoms with Crippen LogP contribution in [0.15, 0.2) is 18.2 Å². The number of hydrogen-bond donors (Lipinski definition) is 0. The molecule has 1 aliphatic carbocycles. The molecule has 1 aromatic carbocycles. The molecule has 0 spiro atoms. The summed E-state index contributed by atoms with van der Waals surface area (Å²) in [7, 11) is 2.03. The first-order valence-electron chi connectivity index (χ1n) is 5.70. The Balaban J connectivity index is 2.33. The lowest BCUT2D eigenvalue weighted by Crippen LogP contribution is -2.29. The van der Waals surface area contributed by atoms with Crippen molar-refractivity contribution in [2.75, 3.05) is 11.9 Å². The lowest BCUT2D eigenvalue weighted by atomic mass is 10.1. The van der Waals surface area contributed by atoms with E-state index in [-0.39, 0.29) is 0 Å². The van der Waals surface area contributed by atoms with Gasteiger partial charge in [-0.2, -0.15) is 0 Å². The topological polar surface area (TPSA) is 20.3 Å². The normalized spacial score (nSPS) is 16.4. The molecule has 2 nitrogen and oxygen atoms in total. The highest BCUT2D eigenvalue weighted by Crippen LogP contribution is 2.33. The van der Waals surface area contributed by atoms with E-state index in [2.05, 4.69) is 4.90 Å². The Labute approximate surface area is 101 Å². The number of hydrogen-bond acceptors (Lipinski definition) is 2. The van der Waals surface area contributed by atoms with E-state index in [1.807, 2.05) is 25.2 Å². The minimum Gasteiger partial charge on any atom is -0.370 e. The van der Waals surface area contributed by atoms with Crippen LogP contribution >= 0.6 is 11.6 Å². The Kier molecular flexibility index (Phi) is 3.49. The van der Waals surface area contributed by atoms with Crippen molar-refractivity contribution in [3.63, 3.8) is 0 Å². The number of aldehydes is 1. The van der Waals surface area contributed by atoms with Crippen LogP contribution in [0.5, 0.6) is 0 Å². The highest BCUT2D eigenvalue weighted by molar-refractivity contribution is 6.33. The molecule has 0 N–H and O–H groups in total. The summed E-state index contributed by atoms with van der Waals surface area (Å²) in [6.45, 7) is 0. The fourth-order valence-electron chi connectivity index (χ4n) is 2.47. The molecule has 0 aromatic heterocycles. The monoisotopic (exact) mass is 237 g/mol. The molecule has 0 aliphatic heterocycles. The molecule has 1 fully saturated rings. The molecule has 1 aromatic rings. The molecule has 0 bridgehead atoms. The lowest BCUT2D eigenvalue weighted by molar-refractivity contribution is 0.112. The fourth-order valence-corrected chi connectivity index (χ4v) is 2.79. The molecule has 1 aliphatic rings. The van der Waals surface area contributed by atoms with E-state index in [4.69, 9.17) is 11.6 Å². The molecule has 0 atom stereocenters. The van der Waals surface area contributed by atoms with E-state index in [1.165, 1.54) is 25.7 Å². The fraction of sp³-hybridized carbons (Fsp3) is 0.462. The van der Waals surface area contributed by atoms with Crippen LogP contribution in [0, 0.1) is 0 Å². The summed E-state index contributed by atoms with van der Waals surface area (Å²) in [6, 6.07) is 6.01. The van der Waals surface area contributed by atoms with E-state index in [1.54, 1.807) is 0 Å². The summed E-state index contributed by atoms with van der Waals surface area (Å²) in [5, 5.41) is 0.666. The van der Waals surface area contributed by atoms with Crippen molar-refractivity contribution in [2.45, 2.75) is 31.7 Å². The van der Waals surface area contributed by atoms with E-state index in [0.717, 1.165) is 12.0 Å². The summed E-state index contributed by atoms with van der Waals surface area (Å²) in [6.07, 6.45) is 5.82. The lowest BCUT2D eigenvalue weighted by Gasteiger charge is -2.28. The highest BCUT2D eigenvalue weighted by Gasteiger charge is 2.22. The summed E-state index contributed by atoms with van der Waals surface area (Å²) in [5.74, 6) is 0. The van der Waals surface area contributed by atoms with Crippen LogP contribution in [0.1, 0.15) is 36.0 Å². The van der Waals surface area contributed by atoms with Crippen molar-refractivity contribution in [1.82, 2.24) is 0 Å². The molecule has 0 amide bonds. The van der Waals surface area contributed by atoms with Gasteiger partial charge in [-0.1, -0.05) is 30.5 Å². The number of anilines is 1. The Morgan fingerprint density at radius 2 is 2.06 bits per heavy atom. The summed E-state index contributed by atoms with van der Waals surface area (Å²) < 4.78 is 0. The van der Waals surface area contributed by atoms with Crippen LogP contribution in [0.2, 0.25) is 5.02 Å². The Morgan fingerprint density at radius 1 is 1.38 bits per heavy atom. The van der Waals surface area contributed by atoms with Gasteiger partial charge in [0.05, 0.1) is 10.7 Å². The molecule has 16 heavy (non-hydrogen) atoms. The molecule has 1 saturated carbocycles. The van der Waals surface area contributed by atoms with Gasteiger partial charge in [-0.3, -0.25) is 4.79 Å². The average Bonchev–Trinajstić information content (AvgIpc) is 2.81. The predicted octanol–water partition coefficient (Wildman–Crippen LogP) is 3.53. The van der Waals surface area contributed by atoms with Gasteiger partial charge in [0.1, 0.15) is 0 Å². The molecule has 0 unspecified atom stereocenters. The Bertz CT molecular complexity index is 386. The van der Waals surface area contributed by atoms with Gasteiger partial charge in [-0.25, -0.2) is 0 Å². The minimum absolute atomic E-state index is 0.526. The highest BCUT2D eigenvalue weighted by atomic mass is 35.5. The first-order chi connectivity index (χ1) is 7.74. The van der Waals surface area contributed by atoms with Gasteiger partial charge in [0.15, 0.2) is 6.29 Å². The maximum Gasteiger partial charge on any atom is 0.152 e. The van der Waals surface area contributed by atoms with Gasteiger partial charge in [0, 0.05) is 18.7 Å². The van der Waals surface area contributed by atoms with Crippen molar-refractivity contribution in [3.8, 4) is 0 Å². The van der Waals surface area contributed by atoms with Gasteiger partial charge in [-0.15, -0.1) is 0 Å². The SMILES string of the molecule is CN(c1c(Cl)cccc1C=O)C1CCCC1. The summed E-state index contributed by atoms with van der Waals surface area (Å²) in [4.78, 5) is 13.2. The number of carbonyl (C=O) groups is 1. The van der Waals surface area contributed by atoms with Crippen LogP contribution < -0.4 is 4.90 Å². The maximum atomic E-state index is 11.0. The van der Waals surface area contributed by atoms with Crippen molar-refractivity contribution < 1.29 is 4.79 Å². The third-order valence-electron chi connectivity index (χ3n) is 3.37. The van der Waals surface area contributed by atoms with Gasteiger partial charge in [0.2, 0.25) is 0 Å². The Morgan fingerprint density at radius 3 is 2.69 bits per heavy atom. The van der Waals surface area contributed by atoms with Crippen LogP contribution in [-0.2, 0) is 0 Å². The largest absolute Gasteiger partial charge is 0.370 e. The van der Waals surface area contributed by atoms with Crippen LogP contribution in [0.3, 0.4) is 0 Å². The molecular weight excluding hydrogens is 222 g/mol. The smallest absolute Gasteiger partial charge is 0.152 e. The zero-order valence-electron chi connectivity index (χ0n) is 9.45. The van der Waals surface area contributed by atoms with Gasteiger partial charge in [-0.05, 0) is 25.0 Å². The van der Waals surface area contributed by atoms with E-state index in [0.29, 0.717) is 16.6 Å². The average molecular weight is 238 g/mol. The molecule has 0 radical (unpaired) electrons. The number of carbonyl (C=O) groups excluding carboxylic acids is 1. The summed E-state index contributed by atoms with van der Waals surface area (Å²) in [5.41, 5.74) is 1.56. The third kappa shape index (κ3) is 2.07. The third-order valence-corrected chi connectivity index (χ3v) is 3.68. The van der Waals surface area contributed by atoms with E-state index < -0.39 is 0 Å². The zero-order chi connectivity index (χ0) is 11.5. The number of halogens is 1. The minimum atomic E-state index is 0.526. The number of nitrogens with zero attached hydrogens (tertiary/aromatic N) is 1. The molecular formula is C13H16ClNO. The second-order valence-corrected chi connectivity index (χ2v) is 4.75. The van der Waals surface area contributed by atoms with Crippen LogP contribution in [-0.4, -0.2) is 19.4 Å². The number of para-hydroxylation sites is 1. The quantitative estimate of drug-likeness (QED) is 0.750. The van der Waals surface area contributed by atoms with Gasteiger partial charge < -0.3 is 4.90 Å². The van der Waals surface area contributed by atoms with Crippen LogP contribution in [0.4, 0.5) is 5.69 Å². The molecule has 3 heteroatoms. The van der Waals surface area contributed by atoms with Crippen molar-refractivity contribution in [1.29, 1.82) is 0 Å². The van der Waals surface area contributed by atoms with Gasteiger partial charge >= 0.3 is 0 Å². The second-order valence-electron chi connectivity index (χ2n) is 4.34. The van der Waals surface area contributed by atoms with Gasteiger partial charge in [0.25, 0.3) is 0 Å². The van der Waals surface area contributed by atoms with Crippen LogP contribution in [0.25, 0.3) is 0 Å². The molecule has 86 valence electrons. The second kappa shape index (κ2) is 4.88. The first-order valence-corrected chi connectivity index (χ1v) is 6.08. The van der Waals surface area contributed by atoms with E-state index in [9.17, 15) is 4.79 Å². The zero-order valence-corrected chi connectivity index (χ0v) is 10.2. The maximum absolute atomic E-state index is 11.0. The first kappa shape index (κ1) is 11.5. The molecule has 0 heterocycles. The molecule has 0 saturated heterocycles.